The van der Waals surface area contributed by atoms with Crippen LogP contribution in [0.3, 0.4) is 0 Å². The van der Waals surface area contributed by atoms with Crippen molar-refractivity contribution in [2.45, 2.75) is 46.6 Å². The molecule has 0 aliphatic rings. The standard InChI is InChI=1S/C5H12O.C4H10O/c1-5(2)3-4-6;1-3-4(2)5/h5-6H,3-4H2,1-2H3;4-5H,3H2,1-2H3. The van der Waals surface area contributed by atoms with Gasteiger partial charge in [0.25, 0.3) is 0 Å². The predicted molar refractivity (Wildman–Crippen MR) is 48.5 cm³/mol. The van der Waals surface area contributed by atoms with Crippen molar-refractivity contribution in [3.8, 4) is 0 Å². The van der Waals surface area contributed by atoms with Crippen LogP contribution in [-0.2, 0) is 0 Å². The summed E-state index contributed by atoms with van der Waals surface area (Å²) in [5.74, 6) is 0.648. The second-order valence-electron chi connectivity index (χ2n) is 3.16. The Balaban J connectivity index is 0. The first-order valence-electron chi connectivity index (χ1n) is 4.33. The minimum absolute atomic E-state index is 0.116. The Labute approximate surface area is 70.3 Å². The van der Waals surface area contributed by atoms with Crippen molar-refractivity contribution in [1.82, 2.24) is 0 Å². The Morgan fingerprint density at radius 2 is 1.55 bits per heavy atom. The van der Waals surface area contributed by atoms with Crippen molar-refractivity contribution in [2.24, 2.45) is 5.92 Å². The van der Waals surface area contributed by atoms with E-state index in [1.165, 1.54) is 0 Å². The molecule has 0 aromatic heterocycles. The van der Waals surface area contributed by atoms with Gasteiger partial charge in [-0.05, 0) is 25.7 Å². The fourth-order valence-corrected chi connectivity index (χ4v) is 0.258. The van der Waals surface area contributed by atoms with E-state index in [9.17, 15) is 0 Å². The van der Waals surface area contributed by atoms with Crippen LogP contribution in [0.2, 0.25) is 0 Å². The highest BCUT2D eigenvalue weighted by Crippen LogP contribution is 1.94. The highest BCUT2D eigenvalue weighted by atomic mass is 16.3. The van der Waals surface area contributed by atoms with Gasteiger partial charge in [0.15, 0.2) is 0 Å². The lowest BCUT2D eigenvalue weighted by atomic mass is 10.2. The molecule has 0 saturated heterocycles. The Kier molecular flexibility index (Phi) is 12.2. The number of rotatable bonds is 3. The fraction of sp³-hybridized carbons (Fsp3) is 1.00. The van der Waals surface area contributed by atoms with Gasteiger partial charge in [0, 0.05) is 6.61 Å². The van der Waals surface area contributed by atoms with E-state index in [1.54, 1.807) is 6.92 Å². The average molecular weight is 162 g/mol. The Bertz CT molecular complexity index is 60.6. The Morgan fingerprint density at radius 1 is 1.18 bits per heavy atom. The van der Waals surface area contributed by atoms with Crippen LogP contribution in [0, 0.1) is 5.92 Å². The van der Waals surface area contributed by atoms with E-state index in [-0.39, 0.29) is 6.10 Å². The van der Waals surface area contributed by atoms with Gasteiger partial charge in [-0.25, -0.2) is 0 Å². The van der Waals surface area contributed by atoms with E-state index in [1.807, 2.05) is 6.92 Å². The minimum Gasteiger partial charge on any atom is -0.396 e. The van der Waals surface area contributed by atoms with Crippen molar-refractivity contribution < 1.29 is 10.2 Å². The van der Waals surface area contributed by atoms with Gasteiger partial charge in [0.05, 0.1) is 6.10 Å². The summed E-state index contributed by atoms with van der Waals surface area (Å²) in [6.45, 7) is 8.24. The van der Waals surface area contributed by atoms with Gasteiger partial charge in [-0.2, -0.15) is 0 Å². The molecule has 70 valence electrons. The molecule has 11 heavy (non-hydrogen) atoms. The molecule has 0 aromatic rings. The molecule has 0 radical (unpaired) electrons. The SMILES string of the molecule is CC(C)CCO.CCC(C)O. The summed E-state index contributed by atoms with van der Waals surface area (Å²) in [7, 11) is 0. The van der Waals surface area contributed by atoms with Gasteiger partial charge in [-0.3, -0.25) is 0 Å². The molecule has 1 unspecified atom stereocenters. The maximum atomic E-state index is 8.36. The summed E-state index contributed by atoms with van der Waals surface area (Å²) >= 11 is 0. The van der Waals surface area contributed by atoms with Crippen molar-refractivity contribution in [1.29, 1.82) is 0 Å². The van der Waals surface area contributed by atoms with Crippen LogP contribution in [0.5, 0.6) is 0 Å². The summed E-state index contributed by atoms with van der Waals surface area (Å²) in [5, 5.41) is 16.6. The molecule has 1 atom stereocenters. The zero-order valence-corrected chi connectivity index (χ0v) is 8.17. The summed E-state index contributed by atoms with van der Waals surface area (Å²) in [5.41, 5.74) is 0. The van der Waals surface area contributed by atoms with Crippen LogP contribution in [0.25, 0.3) is 0 Å². The van der Waals surface area contributed by atoms with Crippen LogP contribution >= 0.6 is 0 Å². The highest BCUT2D eigenvalue weighted by Gasteiger charge is 1.86. The second kappa shape index (κ2) is 9.92. The first-order chi connectivity index (χ1) is 5.04. The minimum atomic E-state index is -0.116. The molecule has 0 aliphatic carbocycles. The average Bonchev–Trinajstić information content (AvgIpc) is 1.89. The van der Waals surface area contributed by atoms with E-state index < -0.39 is 0 Å². The van der Waals surface area contributed by atoms with E-state index in [2.05, 4.69) is 13.8 Å². The Morgan fingerprint density at radius 3 is 1.55 bits per heavy atom. The molecule has 0 fully saturated rings. The molecule has 0 saturated carbocycles. The van der Waals surface area contributed by atoms with Crippen molar-refractivity contribution in [3.05, 3.63) is 0 Å². The molecule has 0 spiro atoms. The van der Waals surface area contributed by atoms with E-state index in [0.717, 1.165) is 12.8 Å². The molecule has 0 amide bonds. The molecular weight excluding hydrogens is 140 g/mol. The smallest absolute Gasteiger partial charge is 0.0509 e. The first-order valence-corrected chi connectivity index (χ1v) is 4.33. The molecule has 0 aliphatic heterocycles. The third-order valence-corrected chi connectivity index (χ3v) is 1.30. The zero-order chi connectivity index (χ0) is 9.28. The first kappa shape index (κ1) is 13.5. The monoisotopic (exact) mass is 162 g/mol. The molecule has 0 rings (SSSR count). The van der Waals surface area contributed by atoms with Gasteiger partial charge in [0.1, 0.15) is 0 Å². The topological polar surface area (TPSA) is 40.5 Å². The number of hydrogen-bond acceptors (Lipinski definition) is 2. The molecular formula is C9H22O2. The van der Waals surface area contributed by atoms with Crippen LogP contribution in [0.4, 0.5) is 0 Å². The fourth-order valence-electron chi connectivity index (χ4n) is 0.258. The lowest BCUT2D eigenvalue weighted by Crippen LogP contribution is -1.93. The summed E-state index contributed by atoms with van der Waals surface area (Å²) < 4.78 is 0. The normalized spacial score (nSPS) is 12.3. The van der Waals surface area contributed by atoms with E-state index in [0.29, 0.717) is 12.5 Å². The summed E-state index contributed by atoms with van der Waals surface area (Å²) in [6, 6.07) is 0. The van der Waals surface area contributed by atoms with Crippen LogP contribution in [0.1, 0.15) is 40.5 Å². The summed E-state index contributed by atoms with van der Waals surface area (Å²) in [4.78, 5) is 0. The molecule has 2 N–H and O–H groups in total. The van der Waals surface area contributed by atoms with Gasteiger partial charge in [-0.1, -0.05) is 20.8 Å². The largest absolute Gasteiger partial charge is 0.396 e. The van der Waals surface area contributed by atoms with Crippen molar-refractivity contribution in [3.63, 3.8) is 0 Å². The van der Waals surface area contributed by atoms with Crippen LogP contribution in [0.15, 0.2) is 0 Å². The highest BCUT2D eigenvalue weighted by molar-refractivity contribution is 4.38. The number of aliphatic hydroxyl groups excluding tert-OH is 2. The maximum absolute atomic E-state index is 8.36. The molecule has 0 heterocycles. The molecule has 2 heteroatoms. The van der Waals surface area contributed by atoms with E-state index in [4.69, 9.17) is 10.2 Å². The molecule has 0 bridgehead atoms. The van der Waals surface area contributed by atoms with Gasteiger partial charge >= 0.3 is 0 Å². The third kappa shape index (κ3) is 25.7. The lowest BCUT2D eigenvalue weighted by Gasteiger charge is -1.95. The quantitative estimate of drug-likeness (QED) is 0.664. The van der Waals surface area contributed by atoms with Gasteiger partial charge in [0.2, 0.25) is 0 Å². The van der Waals surface area contributed by atoms with Gasteiger partial charge < -0.3 is 10.2 Å². The number of hydrogen-bond donors (Lipinski definition) is 2. The van der Waals surface area contributed by atoms with E-state index >= 15 is 0 Å². The lowest BCUT2D eigenvalue weighted by molar-refractivity contribution is 0.191. The third-order valence-electron chi connectivity index (χ3n) is 1.30. The Hall–Kier alpha value is -0.0800. The van der Waals surface area contributed by atoms with Crippen LogP contribution in [-0.4, -0.2) is 22.9 Å². The van der Waals surface area contributed by atoms with Crippen molar-refractivity contribution in [2.75, 3.05) is 6.61 Å². The zero-order valence-electron chi connectivity index (χ0n) is 8.17. The second-order valence-corrected chi connectivity index (χ2v) is 3.16. The maximum Gasteiger partial charge on any atom is 0.0509 e. The van der Waals surface area contributed by atoms with Gasteiger partial charge in [-0.15, -0.1) is 0 Å². The summed E-state index contributed by atoms with van der Waals surface area (Å²) in [6.07, 6.45) is 1.68. The predicted octanol–water partition coefficient (Wildman–Crippen LogP) is 1.80. The van der Waals surface area contributed by atoms with Crippen molar-refractivity contribution >= 4 is 0 Å². The number of aliphatic hydroxyl groups is 2. The van der Waals surface area contributed by atoms with Crippen LogP contribution < -0.4 is 0 Å². The molecule has 0 aromatic carbocycles. The molecule has 2 nitrogen and oxygen atoms in total.